The lowest BCUT2D eigenvalue weighted by atomic mass is 10.1. The number of nitrogens with zero attached hydrogens (tertiary/aromatic N) is 2. The number of ether oxygens (including phenoxy) is 1. The highest BCUT2D eigenvalue weighted by Crippen LogP contribution is 2.28. The molecule has 3 aromatic rings. The Balaban J connectivity index is 1.60. The third-order valence-corrected chi connectivity index (χ3v) is 5.21. The maximum Gasteiger partial charge on any atom is 0.277 e. The number of thioether (sulfide) groups is 1. The Morgan fingerprint density at radius 1 is 1.10 bits per heavy atom. The van der Waals surface area contributed by atoms with Crippen molar-refractivity contribution in [1.29, 1.82) is 0 Å². The highest BCUT2D eigenvalue weighted by atomic mass is 32.2. The first-order valence-electron chi connectivity index (χ1n) is 9.13. The Hall–Kier alpha value is -2.87. The van der Waals surface area contributed by atoms with Crippen molar-refractivity contribution in [2.45, 2.75) is 44.3 Å². The summed E-state index contributed by atoms with van der Waals surface area (Å²) in [4.78, 5) is 12.6. The van der Waals surface area contributed by atoms with Crippen LogP contribution in [-0.2, 0) is 4.79 Å². The molecule has 8 heteroatoms. The molecule has 0 spiro atoms. The fourth-order valence-electron chi connectivity index (χ4n) is 2.64. The van der Waals surface area contributed by atoms with Crippen LogP contribution in [0.5, 0.6) is 5.75 Å². The molecule has 0 fully saturated rings. The SMILES string of the molecule is Cc1cccc(C)c1NC(=O)[C@@H](C)Sc1nnc([C@H](C)Oc2ccc(F)cc2)o1. The van der Waals surface area contributed by atoms with Crippen molar-refractivity contribution in [3.05, 3.63) is 65.3 Å². The number of benzene rings is 2. The molecule has 0 aliphatic carbocycles. The molecule has 1 heterocycles. The van der Waals surface area contributed by atoms with Gasteiger partial charge >= 0.3 is 0 Å². The Morgan fingerprint density at radius 2 is 1.76 bits per heavy atom. The van der Waals surface area contributed by atoms with E-state index in [1.165, 1.54) is 36.0 Å². The number of anilines is 1. The van der Waals surface area contributed by atoms with Gasteiger partial charge in [-0.15, -0.1) is 10.2 Å². The second kappa shape index (κ2) is 9.09. The molecule has 0 saturated heterocycles. The second-order valence-corrected chi connectivity index (χ2v) is 7.93. The largest absolute Gasteiger partial charge is 0.481 e. The van der Waals surface area contributed by atoms with Gasteiger partial charge in [0.15, 0.2) is 6.10 Å². The minimum atomic E-state index is -0.513. The number of aromatic nitrogens is 2. The summed E-state index contributed by atoms with van der Waals surface area (Å²) in [6.45, 7) is 7.43. The van der Waals surface area contributed by atoms with Gasteiger partial charge < -0.3 is 14.5 Å². The number of rotatable bonds is 7. The summed E-state index contributed by atoms with van der Waals surface area (Å²) < 4.78 is 24.3. The third kappa shape index (κ3) is 5.35. The number of carbonyl (C=O) groups is 1. The van der Waals surface area contributed by atoms with Crippen molar-refractivity contribution in [2.75, 3.05) is 5.32 Å². The number of halogens is 1. The second-order valence-electron chi connectivity index (χ2n) is 6.64. The summed E-state index contributed by atoms with van der Waals surface area (Å²) >= 11 is 1.17. The Labute approximate surface area is 172 Å². The molecule has 152 valence electrons. The van der Waals surface area contributed by atoms with E-state index in [-0.39, 0.29) is 22.8 Å². The minimum absolute atomic E-state index is 0.150. The van der Waals surface area contributed by atoms with Gasteiger partial charge in [-0.3, -0.25) is 4.79 Å². The maximum atomic E-state index is 13.0. The number of amides is 1. The fraction of sp³-hybridized carbons (Fsp3) is 0.286. The van der Waals surface area contributed by atoms with E-state index in [0.29, 0.717) is 5.75 Å². The molecule has 29 heavy (non-hydrogen) atoms. The van der Waals surface area contributed by atoms with Crippen LogP contribution in [0.15, 0.2) is 52.1 Å². The molecule has 0 unspecified atom stereocenters. The summed E-state index contributed by atoms with van der Waals surface area (Å²) in [6, 6.07) is 11.5. The van der Waals surface area contributed by atoms with Crippen molar-refractivity contribution >= 4 is 23.4 Å². The zero-order chi connectivity index (χ0) is 21.0. The van der Waals surface area contributed by atoms with E-state index in [1.807, 2.05) is 32.0 Å². The predicted octanol–water partition coefficient (Wildman–Crippen LogP) is 5.08. The molecule has 3 rings (SSSR count). The van der Waals surface area contributed by atoms with Crippen LogP contribution in [0.3, 0.4) is 0 Å². The molecule has 0 aliphatic heterocycles. The van der Waals surface area contributed by atoms with Gasteiger partial charge in [-0.05, 0) is 63.1 Å². The quantitative estimate of drug-likeness (QED) is 0.542. The number of carbonyl (C=O) groups excluding carboxylic acids is 1. The lowest BCUT2D eigenvalue weighted by Gasteiger charge is -2.14. The van der Waals surface area contributed by atoms with E-state index in [4.69, 9.17) is 9.15 Å². The first kappa shape index (κ1) is 20.9. The highest BCUT2D eigenvalue weighted by Gasteiger charge is 2.21. The zero-order valence-electron chi connectivity index (χ0n) is 16.6. The van der Waals surface area contributed by atoms with Gasteiger partial charge in [0.05, 0.1) is 5.25 Å². The van der Waals surface area contributed by atoms with Gasteiger partial charge in [0.2, 0.25) is 5.91 Å². The Bertz CT molecular complexity index is 971. The summed E-state index contributed by atoms with van der Waals surface area (Å²) in [7, 11) is 0. The summed E-state index contributed by atoms with van der Waals surface area (Å²) in [5.74, 6) is 0.282. The van der Waals surface area contributed by atoms with Crippen molar-refractivity contribution < 1.29 is 18.3 Å². The summed E-state index contributed by atoms with van der Waals surface area (Å²) in [5.41, 5.74) is 2.82. The lowest BCUT2D eigenvalue weighted by Crippen LogP contribution is -2.23. The van der Waals surface area contributed by atoms with Crippen molar-refractivity contribution in [3.8, 4) is 5.75 Å². The molecule has 2 aromatic carbocycles. The van der Waals surface area contributed by atoms with Crippen molar-refractivity contribution in [1.82, 2.24) is 10.2 Å². The van der Waals surface area contributed by atoms with Crippen LogP contribution in [0.25, 0.3) is 0 Å². The van der Waals surface area contributed by atoms with E-state index in [0.717, 1.165) is 16.8 Å². The third-order valence-electron chi connectivity index (χ3n) is 4.27. The molecule has 1 N–H and O–H groups in total. The highest BCUT2D eigenvalue weighted by molar-refractivity contribution is 8.00. The first-order chi connectivity index (χ1) is 13.8. The Morgan fingerprint density at radius 3 is 2.41 bits per heavy atom. The van der Waals surface area contributed by atoms with E-state index in [2.05, 4.69) is 15.5 Å². The normalized spacial score (nSPS) is 13.0. The van der Waals surface area contributed by atoms with Gasteiger partial charge in [0.25, 0.3) is 11.1 Å². The molecule has 0 aliphatic rings. The fourth-order valence-corrected chi connectivity index (χ4v) is 3.33. The summed E-state index contributed by atoms with van der Waals surface area (Å²) in [6.07, 6.45) is -0.513. The molecular formula is C21H22FN3O3S. The molecular weight excluding hydrogens is 393 g/mol. The van der Waals surface area contributed by atoms with Gasteiger partial charge in [0, 0.05) is 5.69 Å². The van der Waals surface area contributed by atoms with E-state index in [9.17, 15) is 9.18 Å². The van der Waals surface area contributed by atoms with Crippen LogP contribution in [0.2, 0.25) is 0 Å². The molecule has 0 saturated carbocycles. The average Bonchev–Trinajstić information content (AvgIpc) is 3.15. The zero-order valence-corrected chi connectivity index (χ0v) is 17.4. The number of hydrogen-bond donors (Lipinski definition) is 1. The number of hydrogen-bond acceptors (Lipinski definition) is 6. The topological polar surface area (TPSA) is 77.2 Å². The summed E-state index contributed by atoms with van der Waals surface area (Å²) in [5, 5.41) is 10.8. The van der Waals surface area contributed by atoms with Crippen molar-refractivity contribution in [3.63, 3.8) is 0 Å². The van der Waals surface area contributed by atoms with Crippen LogP contribution in [-0.4, -0.2) is 21.4 Å². The van der Waals surface area contributed by atoms with Crippen LogP contribution >= 0.6 is 11.8 Å². The minimum Gasteiger partial charge on any atom is -0.481 e. The van der Waals surface area contributed by atoms with E-state index in [1.54, 1.807) is 13.8 Å². The van der Waals surface area contributed by atoms with Crippen LogP contribution < -0.4 is 10.1 Å². The van der Waals surface area contributed by atoms with Gasteiger partial charge in [-0.2, -0.15) is 0 Å². The van der Waals surface area contributed by atoms with Crippen LogP contribution in [0, 0.1) is 19.7 Å². The molecule has 1 aromatic heterocycles. The lowest BCUT2D eigenvalue weighted by molar-refractivity contribution is -0.115. The monoisotopic (exact) mass is 415 g/mol. The smallest absolute Gasteiger partial charge is 0.277 e. The first-order valence-corrected chi connectivity index (χ1v) is 10.0. The predicted molar refractivity (Wildman–Crippen MR) is 110 cm³/mol. The average molecular weight is 415 g/mol. The number of nitrogens with one attached hydrogen (secondary N) is 1. The van der Waals surface area contributed by atoms with E-state index >= 15 is 0 Å². The van der Waals surface area contributed by atoms with Gasteiger partial charge in [0.1, 0.15) is 11.6 Å². The van der Waals surface area contributed by atoms with Crippen molar-refractivity contribution in [2.24, 2.45) is 0 Å². The molecule has 0 bridgehead atoms. The maximum absolute atomic E-state index is 13.0. The Kier molecular flexibility index (Phi) is 6.53. The van der Waals surface area contributed by atoms with Crippen LogP contribution in [0.4, 0.5) is 10.1 Å². The van der Waals surface area contributed by atoms with Gasteiger partial charge in [-0.25, -0.2) is 4.39 Å². The molecule has 0 radical (unpaired) electrons. The standard InChI is InChI=1S/C21H22FN3O3S/c1-12-6-5-7-13(2)18(12)23-19(26)15(4)29-21-25-24-20(28-21)14(3)27-17-10-8-16(22)9-11-17/h5-11,14-15H,1-4H3,(H,23,26)/t14-,15+/m0/s1. The number of para-hydroxylation sites is 1. The van der Waals surface area contributed by atoms with Gasteiger partial charge in [-0.1, -0.05) is 30.0 Å². The van der Waals surface area contributed by atoms with Crippen LogP contribution in [0.1, 0.15) is 37.0 Å². The molecule has 1 amide bonds. The van der Waals surface area contributed by atoms with E-state index < -0.39 is 11.4 Å². The number of aryl methyl sites for hydroxylation is 2. The molecule has 2 atom stereocenters. The molecule has 6 nitrogen and oxygen atoms in total.